The van der Waals surface area contributed by atoms with Crippen LogP contribution in [0, 0.1) is 0 Å². The Kier molecular flexibility index (Phi) is 3.66. The minimum atomic E-state index is -0.311. The number of imidazole rings is 1. The highest BCUT2D eigenvalue weighted by Gasteiger charge is 2.15. The lowest BCUT2D eigenvalue weighted by atomic mass is 10.5. The molecule has 2 aromatic rings. The molecule has 0 aliphatic rings. The number of nitrogens with zero attached hydrogens (tertiary/aromatic N) is 4. The van der Waals surface area contributed by atoms with Gasteiger partial charge < -0.3 is 9.47 Å². The Hall–Kier alpha value is -1.83. The predicted octanol–water partition coefficient (Wildman–Crippen LogP) is 0.637. The highest BCUT2D eigenvalue weighted by atomic mass is 32.2. The van der Waals surface area contributed by atoms with Crippen molar-refractivity contribution in [1.29, 1.82) is 0 Å². The number of fused-ring (bicyclic) bond motifs is 1. The van der Waals surface area contributed by atoms with Crippen molar-refractivity contribution in [2.24, 2.45) is 7.05 Å². The SMILES string of the molecule is COC(=O)CSc1ncnc2c1nc(OC)n2C. The molecule has 0 spiro atoms. The van der Waals surface area contributed by atoms with Crippen LogP contribution in [-0.4, -0.2) is 45.5 Å². The lowest BCUT2D eigenvalue weighted by Crippen LogP contribution is -2.03. The van der Waals surface area contributed by atoms with Crippen molar-refractivity contribution in [3.05, 3.63) is 6.33 Å². The molecule has 0 bridgehead atoms. The molecule has 8 heteroatoms. The van der Waals surface area contributed by atoms with E-state index in [4.69, 9.17) is 4.74 Å². The summed E-state index contributed by atoms with van der Waals surface area (Å²) in [4.78, 5) is 23.6. The quantitative estimate of drug-likeness (QED) is 0.457. The number of thioether (sulfide) groups is 1. The van der Waals surface area contributed by atoms with E-state index in [-0.39, 0.29) is 11.7 Å². The molecule has 2 heterocycles. The fraction of sp³-hybridized carbons (Fsp3) is 0.400. The van der Waals surface area contributed by atoms with E-state index in [0.29, 0.717) is 22.2 Å². The minimum absolute atomic E-state index is 0.182. The Balaban J connectivity index is 2.36. The van der Waals surface area contributed by atoms with Gasteiger partial charge in [-0.05, 0) is 0 Å². The molecule has 0 saturated carbocycles. The number of rotatable bonds is 4. The first-order valence-electron chi connectivity index (χ1n) is 5.08. The van der Waals surface area contributed by atoms with Gasteiger partial charge >= 0.3 is 5.97 Å². The number of hydrogen-bond donors (Lipinski definition) is 0. The maximum Gasteiger partial charge on any atom is 0.316 e. The maximum atomic E-state index is 11.1. The zero-order valence-electron chi connectivity index (χ0n) is 10.2. The third-order valence-electron chi connectivity index (χ3n) is 2.32. The van der Waals surface area contributed by atoms with Crippen LogP contribution in [0.1, 0.15) is 0 Å². The molecular formula is C10H12N4O3S. The van der Waals surface area contributed by atoms with Crippen LogP contribution in [0.2, 0.25) is 0 Å². The largest absolute Gasteiger partial charge is 0.468 e. The van der Waals surface area contributed by atoms with Crippen LogP contribution in [0.25, 0.3) is 11.2 Å². The lowest BCUT2D eigenvalue weighted by molar-refractivity contribution is -0.137. The molecular weight excluding hydrogens is 256 g/mol. The van der Waals surface area contributed by atoms with Crippen LogP contribution in [0.3, 0.4) is 0 Å². The number of carbonyl (C=O) groups is 1. The number of hydrogen-bond acceptors (Lipinski definition) is 7. The lowest BCUT2D eigenvalue weighted by Gasteiger charge is -2.00. The van der Waals surface area contributed by atoms with Crippen molar-refractivity contribution >= 4 is 28.9 Å². The summed E-state index contributed by atoms with van der Waals surface area (Å²) in [7, 11) is 4.69. The van der Waals surface area contributed by atoms with Gasteiger partial charge in [0, 0.05) is 7.05 Å². The summed E-state index contributed by atoms with van der Waals surface area (Å²) in [6.45, 7) is 0. The summed E-state index contributed by atoms with van der Waals surface area (Å²) in [6, 6.07) is 0.449. The van der Waals surface area contributed by atoms with Crippen molar-refractivity contribution in [1.82, 2.24) is 19.5 Å². The van der Waals surface area contributed by atoms with Crippen LogP contribution in [0.4, 0.5) is 0 Å². The van der Waals surface area contributed by atoms with Gasteiger partial charge in [0.05, 0.1) is 20.0 Å². The highest BCUT2D eigenvalue weighted by molar-refractivity contribution is 8.00. The molecule has 96 valence electrons. The fourth-order valence-electron chi connectivity index (χ4n) is 1.43. The van der Waals surface area contributed by atoms with Gasteiger partial charge in [0.2, 0.25) is 0 Å². The van der Waals surface area contributed by atoms with Crippen LogP contribution >= 0.6 is 11.8 Å². The second-order valence-corrected chi connectivity index (χ2v) is 4.34. The highest BCUT2D eigenvalue weighted by Crippen LogP contribution is 2.26. The number of carbonyl (C=O) groups excluding carboxylic acids is 1. The van der Waals surface area contributed by atoms with Gasteiger partial charge in [0.1, 0.15) is 16.9 Å². The van der Waals surface area contributed by atoms with E-state index >= 15 is 0 Å². The standard InChI is InChI=1S/C10H12N4O3S/c1-14-8-7(13-10(14)17-3)9(12-5-11-8)18-4-6(15)16-2/h5H,4H2,1-3H3. The molecule has 2 aromatic heterocycles. The van der Waals surface area contributed by atoms with E-state index in [1.165, 1.54) is 32.3 Å². The van der Waals surface area contributed by atoms with Crippen molar-refractivity contribution < 1.29 is 14.3 Å². The van der Waals surface area contributed by atoms with Crippen molar-refractivity contribution in [3.63, 3.8) is 0 Å². The normalized spacial score (nSPS) is 10.6. The Morgan fingerprint density at radius 3 is 2.89 bits per heavy atom. The Labute approximate surface area is 108 Å². The molecule has 0 atom stereocenters. The zero-order chi connectivity index (χ0) is 13.1. The smallest absolute Gasteiger partial charge is 0.316 e. The van der Waals surface area contributed by atoms with Gasteiger partial charge in [-0.1, -0.05) is 11.8 Å². The van der Waals surface area contributed by atoms with Crippen molar-refractivity contribution in [2.45, 2.75) is 5.03 Å². The monoisotopic (exact) mass is 268 g/mol. The van der Waals surface area contributed by atoms with Gasteiger partial charge in [0.25, 0.3) is 6.01 Å². The summed E-state index contributed by atoms with van der Waals surface area (Å²) in [6.07, 6.45) is 1.43. The van der Waals surface area contributed by atoms with Gasteiger partial charge in [-0.2, -0.15) is 4.98 Å². The molecule has 0 aliphatic heterocycles. The summed E-state index contributed by atoms with van der Waals surface area (Å²) >= 11 is 1.26. The molecule has 0 saturated heterocycles. The average Bonchev–Trinajstić information content (AvgIpc) is 2.73. The van der Waals surface area contributed by atoms with Crippen molar-refractivity contribution in [3.8, 4) is 6.01 Å². The first kappa shape index (κ1) is 12.6. The van der Waals surface area contributed by atoms with Gasteiger partial charge in [0.15, 0.2) is 5.65 Å². The van der Waals surface area contributed by atoms with Gasteiger partial charge in [-0.15, -0.1) is 0 Å². The molecule has 0 aromatic carbocycles. The van der Waals surface area contributed by atoms with E-state index in [0.717, 1.165) is 0 Å². The van der Waals surface area contributed by atoms with Gasteiger partial charge in [-0.25, -0.2) is 9.97 Å². The number of aryl methyl sites for hydroxylation is 1. The minimum Gasteiger partial charge on any atom is -0.468 e. The molecule has 7 nitrogen and oxygen atoms in total. The first-order valence-corrected chi connectivity index (χ1v) is 6.07. The summed E-state index contributed by atoms with van der Waals surface area (Å²) in [5, 5.41) is 0.629. The molecule has 0 radical (unpaired) electrons. The predicted molar refractivity (Wildman–Crippen MR) is 65.6 cm³/mol. The second-order valence-electron chi connectivity index (χ2n) is 3.37. The number of esters is 1. The molecule has 0 fully saturated rings. The van der Waals surface area contributed by atoms with Crippen LogP contribution in [-0.2, 0) is 16.6 Å². The van der Waals surface area contributed by atoms with E-state index in [1.807, 2.05) is 0 Å². The van der Waals surface area contributed by atoms with Gasteiger partial charge in [-0.3, -0.25) is 9.36 Å². The molecule has 18 heavy (non-hydrogen) atoms. The first-order chi connectivity index (χ1) is 8.67. The molecule has 0 N–H and O–H groups in total. The summed E-state index contributed by atoms with van der Waals surface area (Å²) < 4.78 is 11.4. The Bertz CT molecular complexity index is 584. The van der Waals surface area contributed by atoms with Crippen molar-refractivity contribution in [2.75, 3.05) is 20.0 Å². The van der Waals surface area contributed by atoms with Crippen LogP contribution in [0.15, 0.2) is 11.4 Å². The zero-order valence-corrected chi connectivity index (χ0v) is 11.0. The second kappa shape index (κ2) is 5.21. The van der Waals surface area contributed by atoms with E-state index in [1.54, 1.807) is 11.6 Å². The Morgan fingerprint density at radius 2 is 2.22 bits per heavy atom. The number of ether oxygens (including phenoxy) is 2. The molecule has 0 unspecified atom stereocenters. The van der Waals surface area contributed by atoms with Crippen LogP contribution < -0.4 is 4.74 Å². The van der Waals surface area contributed by atoms with E-state index < -0.39 is 0 Å². The molecule has 2 rings (SSSR count). The molecule has 0 aliphatic carbocycles. The molecule has 0 amide bonds. The summed E-state index contributed by atoms with van der Waals surface area (Å²) in [5.41, 5.74) is 1.28. The average molecular weight is 268 g/mol. The number of aromatic nitrogens is 4. The topological polar surface area (TPSA) is 79.1 Å². The summed E-state index contributed by atoms with van der Waals surface area (Å²) in [5.74, 6) is -0.128. The fourth-order valence-corrected chi connectivity index (χ4v) is 2.20. The third-order valence-corrected chi connectivity index (χ3v) is 3.27. The van der Waals surface area contributed by atoms with Crippen LogP contribution in [0.5, 0.6) is 6.01 Å². The van der Waals surface area contributed by atoms with E-state index in [2.05, 4.69) is 19.7 Å². The Morgan fingerprint density at radius 1 is 1.44 bits per heavy atom. The third kappa shape index (κ3) is 2.23. The number of methoxy groups -OCH3 is 2. The maximum absolute atomic E-state index is 11.1. The van der Waals surface area contributed by atoms with E-state index in [9.17, 15) is 4.79 Å².